The molecule has 2 aromatic carbocycles. The van der Waals surface area contributed by atoms with Gasteiger partial charge < -0.3 is 15.5 Å². The van der Waals surface area contributed by atoms with Crippen molar-refractivity contribution >= 4 is 58.0 Å². The molecule has 0 aliphatic rings. The van der Waals surface area contributed by atoms with Crippen LogP contribution in [-0.2, 0) is 9.59 Å². The van der Waals surface area contributed by atoms with Gasteiger partial charge >= 0.3 is 0 Å². The van der Waals surface area contributed by atoms with Gasteiger partial charge in [-0.15, -0.1) is 0 Å². The Kier molecular flexibility index (Phi) is 7.29. The summed E-state index contributed by atoms with van der Waals surface area (Å²) in [5, 5.41) is 6.79. The summed E-state index contributed by atoms with van der Waals surface area (Å²) in [6.07, 6.45) is 0. The fourth-order valence-electron chi connectivity index (χ4n) is 2.22. The second-order valence-electron chi connectivity index (χ2n) is 5.89. The normalized spacial score (nSPS) is 13.0. The van der Waals surface area contributed by atoms with Crippen LogP contribution in [0.3, 0.4) is 0 Å². The summed E-state index contributed by atoms with van der Waals surface area (Å²) in [4.78, 5) is 25.3. The summed E-state index contributed by atoms with van der Waals surface area (Å²) < 4.78 is 0. The zero-order chi connectivity index (χ0) is 19.3. The van der Waals surface area contributed by atoms with Crippen LogP contribution in [-0.4, -0.2) is 31.4 Å². The first-order valence-electron chi connectivity index (χ1n) is 7.90. The van der Waals surface area contributed by atoms with Crippen LogP contribution < -0.4 is 15.5 Å². The van der Waals surface area contributed by atoms with E-state index < -0.39 is 6.04 Å². The topological polar surface area (TPSA) is 62.6 Å². The lowest BCUT2D eigenvalue weighted by Gasteiger charge is -2.21. The van der Waals surface area contributed by atoms with Crippen LogP contribution in [0, 0.1) is 0 Å². The minimum Gasteiger partial charge on any atom is -0.320 e. The number of quaternary nitrogens is 1. The van der Waals surface area contributed by atoms with Gasteiger partial charge in [0.15, 0.2) is 12.6 Å². The van der Waals surface area contributed by atoms with Crippen LogP contribution >= 0.6 is 34.8 Å². The number of hydrogen-bond donors (Lipinski definition) is 3. The van der Waals surface area contributed by atoms with Crippen molar-refractivity contribution in [3.8, 4) is 0 Å². The van der Waals surface area contributed by atoms with Gasteiger partial charge in [0.2, 0.25) is 0 Å². The summed E-state index contributed by atoms with van der Waals surface area (Å²) in [7, 11) is 1.76. The molecule has 8 heteroatoms. The van der Waals surface area contributed by atoms with E-state index in [0.29, 0.717) is 26.4 Å². The van der Waals surface area contributed by atoms with Gasteiger partial charge in [0, 0.05) is 5.02 Å². The number of hydrogen-bond acceptors (Lipinski definition) is 2. The molecule has 0 aliphatic heterocycles. The fourth-order valence-corrected chi connectivity index (χ4v) is 2.86. The number of amides is 2. The molecule has 26 heavy (non-hydrogen) atoms. The molecule has 2 amide bonds. The average Bonchev–Trinajstić information content (AvgIpc) is 2.58. The van der Waals surface area contributed by atoms with Crippen LogP contribution in [0.1, 0.15) is 6.92 Å². The third kappa shape index (κ3) is 5.61. The van der Waals surface area contributed by atoms with Gasteiger partial charge in [-0.3, -0.25) is 9.59 Å². The molecule has 1 unspecified atom stereocenters. The Labute approximate surface area is 167 Å². The predicted molar refractivity (Wildman–Crippen MR) is 106 cm³/mol. The minimum atomic E-state index is -0.473. The SMILES string of the molecule is C[C@H](C(=O)Nc1ccc(Cl)cc1Cl)[NH+](C)CC(=O)Nc1ccccc1Cl. The molecule has 0 saturated heterocycles. The number of benzene rings is 2. The Hall–Kier alpha value is -1.79. The molecule has 0 fully saturated rings. The van der Waals surface area contributed by atoms with Crippen molar-refractivity contribution in [2.45, 2.75) is 13.0 Å². The zero-order valence-corrected chi connectivity index (χ0v) is 16.5. The van der Waals surface area contributed by atoms with Crippen LogP contribution in [0.4, 0.5) is 11.4 Å². The van der Waals surface area contributed by atoms with Crippen molar-refractivity contribution in [2.24, 2.45) is 0 Å². The molecule has 2 rings (SSSR count). The number of carbonyl (C=O) groups is 2. The number of likely N-dealkylation sites (N-methyl/N-ethyl adjacent to an activating group) is 1. The summed E-state index contributed by atoms with van der Waals surface area (Å²) in [5.74, 6) is -0.489. The number of para-hydroxylation sites is 1. The highest BCUT2D eigenvalue weighted by Gasteiger charge is 2.24. The maximum absolute atomic E-state index is 12.4. The van der Waals surface area contributed by atoms with Gasteiger partial charge in [0.1, 0.15) is 0 Å². The molecule has 0 saturated carbocycles. The van der Waals surface area contributed by atoms with Gasteiger partial charge in [-0.25, -0.2) is 0 Å². The van der Waals surface area contributed by atoms with E-state index in [0.717, 1.165) is 4.90 Å². The molecule has 0 bridgehead atoms. The molecule has 0 spiro atoms. The number of carbonyl (C=O) groups excluding carboxylic acids is 2. The lowest BCUT2D eigenvalue weighted by Crippen LogP contribution is -3.14. The molecule has 2 atom stereocenters. The molecule has 0 heterocycles. The summed E-state index contributed by atoms with van der Waals surface area (Å²) in [6, 6.07) is 11.3. The molecule has 0 aliphatic carbocycles. The quantitative estimate of drug-likeness (QED) is 0.679. The lowest BCUT2D eigenvalue weighted by atomic mass is 10.2. The van der Waals surface area contributed by atoms with Crippen molar-refractivity contribution in [3.63, 3.8) is 0 Å². The largest absolute Gasteiger partial charge is 0.320 e. The van der Waals surface area contributed by atoms with E-state index in [1.807, 2.05) is 0 Å². The third-order valence-electron chi connectivity index (χ3n) is 3.91. The number of rotatable bonds is 6. The van der Waals surface area contributed by atoms with Crippen molar-refractivity contribution in [1.29, 1.82) is 0 Å². The first-order valence-corrected chi connectivity index (χ1v) is 9.04. The second kappa shape index (κ2) is 9.24. The number of nitrogens with one attached hydrogen (secondary N) is 3. The van der Waals surface area contributed by atoms with Crippen molar-refractivity contribution < 1.29 is 14.5 Å². The van der Waals surface area contributed by atoms with E-state index in [1.54, 1.807) is 56.4 Å². The van der Waals surface area contributed by atoms with Gasteiger partial charge in [-0.2, -0.15) is 0 Å². The van der Waals surface area contributed by atoms with E-state index in [1.165, 1.54) is 0 Å². The molecule has 138 valence electrons. The summed E-state index contributed by atoms with van der Waals surface area (Å²) in [6.45, 7) is 1.84. The number of halogens is 3. The predicted octanol–water partition coefficient (Wildman–Crippen LogP) is 3.13. The molecule has 2 aromatic rings. The first kappa shape index (κ1) is 20.5. The third-order valence-corrected chi connectivity index (χ3v) is 4.79. The monoisotopic (exact) mass is 414 g/mol. The number of anilines is 2. The van der Waals surface area contributed by atoms with Crippen LogP contribution in [0.2, 0.25) is 15.1 Å². The maximum Gasteiger partial charge on any atom is 0.282 e. The minimum absolute atomic E-state index is 0.105. The van der Waals surface area contributed by atoms with Crippen molar-refractivity contribution in [3.05, 3.63) is 57.5 Å². The van der Waals surface area contributed by atoms with Crippen LogP contribution in [0.5, 0.6) is 0 Å². The van der Waals surface area contributed by atoms with Gasteiger partial charge in [-0.05, 0) is 37.3 Å². The van der Waals surface area contributed by atoms with Gasteiger partial charge in [-0.1, -0.05) is 46.9 Å². The van der Waals surface area contributed by atoms with E-state index in [2.05, 4.69) is 10.6 Å². The van der Waals surface area contributed by atoms with Gasteiger partial charge in [0.25, 0.3) is 11.8 Å². The van der Waals surface area contributed by atoms with E-state index in [9.17, 15) is 9.59 Å². The highest BCUT2D eigenvalue weighted by Crippen LogP contribution is 2.25. The van der Waals surface area contributed by atoms with Crippen LogP contribution in [0.25, 0.3) is 0 Å². The molecule has 5 nitrogen and oxygen atoms in total. The molecule has 0 radical (unpaired) electrons. The van der Waals surface area contributed by atoms with Crippen LogP contribution in [0.15, 0.2) is 42.5 Å². The molecule has 3 N–H and O–H groups in total. The highest BCUT2D eigenvalue weighted by molar-refractivity contribution is 6.36. The smallest absolute Gasteiger partial charge is 0.282 e. The Bertz CT molecular complexity index is 814. The van der Waals surface area contributed by atoms with E-state index in [-0.39, 0.29) is 18.4 Å². The molecular weight excluding hydrogens is 397 g/mol. The Morgan fingerprint density at radius 2 is 1.65 bits per heavy atom. The van der Waals surface area contributed by atoms with E-state index in [4.69, 9.17) is 34.8 Å². The molecular formula is C18H19Cl3N3O2+. The second-order valence-corrected chi connectivity index (χ2v) is 7.14. The Morgan fingerprint density at radius 1 is 1.00 bits per heavy atom. The van der Waals surface area contributed by atoms with Crippen molar-refractivity contribution in [2.75, 3.05) is 24.2 Å². The molecule has 0 aromatic heterocycles. The highest BCUT2D eigenvalue weighted by atomic mass is 35.5. The van der Waals surface area contributed by atoms with Crippen molar-refractivity contribution in [1.82, 2.24) is 0 Å². The zero-order valence-electron chi connectivity index (χ0n) is 14.3. The van der Waals surface area contributed by atoms with Gasteiger partial charge in [0.05, 0.1) is 28.5 Å². The average molecular weight is 416 g/mol. The Balaban J connectivity index is 1.93. The maximum atomic E-state index is 12.4. The van der Waals surface area contributed by atoms with E-state index >= 15 is 0 Å². The Morgan fingerprint density at radius 3 is 2.31 bits per heavy atom. The summed E-state index contributed by atoms with van der Waals surface area (Å²) >= 11 is 17.9. The fraction of sp³-hybridized carbons (Fsp3) is 0.222. The standard InChI is InChI=1S/C18H18Cl3N3O2/c1-11(18(26)23-16-8-7-12(19)9-14(16)21)24(2)10-17(25)22-15-6-4-3-5-13(15)20/h3-9,11H,10H2,1-2H3,(H,22,25)(H,23,26)/p+1/t11-/m1/s1. The summed E-state index contributed by atoms with van der Waals surface area (Å²) in [5.41, 5.74) is 1.01. The lowest BCUT2D eigenvalue weighted by molar-refractivity contribution is -0.885. The first-order chi connectivity index (χ1) is 12.3.